The van der Waals surface area contributed by atoms with Crippen molar-refractivity contribution in [1.82, 2.24) is 9.36 Å². The van der Waals surface area contributed by atoms with Gasteiger partial charge in [0.05, 0.1) is 5.56 Å². The summed E-state index contributed by atoms with van der Waals surface area (Å²) in [5, 5.41) is 0.929. The van der Waals surface area contributed by atoms with E-state index in [0.717, 1.165) is 48.0 Å². The van der Waals surface area contributed by atoms with Crippen LogP contribution in [0.5, 0.6) is 0 Å². The first-order valence-corrected chi connectivity index (χ1v) is 9.49. The van der Waals surface area contributed by atoms with E-state index in [4.69, 9.17) is 9.72 Å². The minimum absolute atomic E-state index is 0.202. The molecular formula is C20H17N3O2S. The highest BCUT2D eigenvalue weighted by atomic mass is 32.1. The zero-order valence-corrected chi connectivity index (χ0v) is 14.9. The largest absolute Gasteiger partial charge is 0.450 e. The smallest absolute Gasteiger partial charge is 0.339 e. The van der Waals surface area contributed by atoms with Gasteiger partial charge >= 0.3 is 5.97 Å². The Morgan fingerprint density at radius 3 is 2.54 bits per heavy atom. The quantitative estimate of drug-likeness (QED) is 0.647. The molecule has 1 saturated heterocycles. The molecule has 5 rings (SSSR count). The van der Waals surface area contributed by atoms with Gasteiger partial charge in [0.2, 0.25) is 5.95 Å². The maximum atomic E-state index is 12.2. The molecule has 3 aromatic rings. The standard InChI is InChI=1S/C20H17N3O2S/c24-18-15-8-4-5-9-16(15)20(25-18)10-12-23(13-11-20)19-21-17(26-22-19)14-6-2-1-3-7-14/h1-9H,10-13H2. The molecule has 1 fully saturated rings. The summed E-state index contributed by atoms with van der Waals surface area (Å²) in [6.45, 7) is 1.54. The fraction of sp³-hybridized carbons (Fsp3) is 0.250. The number of benzene rings is 2. The monoisotopic (exact) mass is 363 g/mol. The van der Waals surface area contributed by atoms with Crippen molar-refractivity contribution in [3.05, 3.63) is 65.7 Å². The van der Waals surface area contributed by atoms with E-state index < -0.39 is 5.60 Å². The van der Waals surface area contributed by atoms with Crippen LogP contribution in [0.1, 0.15) is 28.8 Å². The fourth-order valence-corrected chi connectivity index (χ4v) is 4.52. The van der Waals surface area contributed by atoms with Crippen LogP contribution >= 0.6 is 11.5 Å². The van der Waals surface area contributed by atoms with E-state index in [2.05, 4.69) is 9.27 Å². The highest BCUT2D eigenvalue weighted by molar-refractivity contribution is 7.09. The molecule has 3 heterocycles. The predicted octanol–water partition coefficient (Wildman–Crippen LogP) is 3.87. The van der Waals surface area contributed by atoms with E-state index in [1.54, 1.807) is 0 Å². The van der Waals surface area contributed by atoms with E-state index >= 15 is 0 Å². The van der Waals surface area contributed by atoms with E-state index in [9.17, 15) is 4.79 Å². The highest BCUT2D eigenvalue weighted by Gasteiger charge is 2.47. The number of carbonyl (C=O) groups is 1. The Bertz CT molecular complexity index is 962. The van der Waals surface area contributed by atoms with Crippen molar-refractivity contribution >= 4 is 23.5 Å². The molecule has 0 bridgehead atoms. The number of rotatable bonds is 2. The summed E-state index contributed by atoms with van der Waals surface area (Å²) in [7, 11) is 0. The minimum atomic E-state index is -0.484. The third-order valence-corrected chi connectivity index (χ3v) is 5.97. The van der Waals surface area contributed by atoms with Gasteiger partial charge in [0, 0.05) is 37.1 Å². The number of esters is 1. The van der Waals surface area contributed by atoms with E-state index in [-0.39, 0.29) is 5.97 Å². The summed E-state index contributed by atoms with van der Waals surface area (Å²) in [6.07, 6.45) is 1.52. The number of hydrogen-bond acceptors (Lipinski definition) is 6. The first-order valence-electron chi connectivity index (χ1n) is 8.72. The molecule has 6 heteroatoms. The second-order valence-electron chi connectivity index (χ2n) is 6.68. The molecule has 2 aliphatic heterocycles. The first kappa shape index (κ1) is 15.5. The zero-order valence-electron chi connectivity index (χ0n) is 14.1. The average Bonchev–Trinajstić information content (AvgIpc) is 3.28. The average molecular weight is 363 g/mol. The molecule has 0 amide bonds. The summed E-state index contributed by atoms with van der Waals surface area (Å²) in [5.41, 5.74) is 2.34. The van der Waals surface area contributed by atoms with Crippen molar-refractivity contribution in [1.29, 1.82) is 0 Å². The Morgan fingerprint density at radius 2 is 1.73 bits per heavy atom. The van der Waals surface area contributed by atoms with Gasteiger partial charge in [0.15, 0.2) is 0 Å². The lowest BCUT2D eigenvalue weighted by Gasteiger charge is -2.38. The molecule has 130 valence electrons. The molecule has 1 spiro atoms. The molecule has 0 unspecified atom stereocenters. The van der Waals surface area contributed by atoms with Gasteiger partial charge in [0.1, 0.15) is 10.6 Å². The molecule has 1 aromatic heterocycles. The molecule has 26 heavy (non-hydrogen) atoms. The zero-order chi connectivity index (χ0) is 17.6. The summed E-state index contributed by atoms with van der Waals surface area (Å²) < 4.78 is 10.4. The second-order valence-corrected chi connectivity index (χ2v) is 7.43. The topological polar surface area (TPSA) is 55.3 Å². The Kier molecular flexibility index (Phi) is 3.53. The summed E-state index contributed by atoms with van der Waals surface area (Å²) in [5.74, 6) is 0.563. The first-order chi connectivity index (χ1) is 12.8. The Balaban J connectivity index is 1.36. The van der Waals surface area contributed by atoms with Crippen molar-refractivity contribution in [3.63, 3.8) is 0 Å². The maximum absolute atomic E-state index is 12.2. The van der Waals surface area contributed by atoms with Crippen LogP contribution < -0.4 is 4.90 Å². The highest BCUT2D eigenvalue weighted by Crippen LogP contribution is 2.44. The van der Waals surface area contributed by atoms with Gasteiger partial charge in [-0.05, 0) is 17.6 Å². The Hall–Kier alpha value is -2.73. The number of piperidine rings is 1. The van der Waals surface area contributed by atoms with E-state index in [1.165, 1.54) is 11.5 Å². The van der Waals surface area contributed by atoms with Crippen LogP contribution in [-0.2, 0) is 10.3 Å². The number of carbonyl (C=O) groups excluding carboxylic acids is 1. The third kappa shape index (κ3) is 2.41. The van der Waals surface area contributed by atoms with Gasteiger partial charge in [-0.25, -0.2) is 4.79 Å². The molecule has 2 aliphatic rings. The molecule has 0 aliphatic carbocycles. The van der Waals surface area contributed by atoms with Gasteiger partial charge in [-0.3, -0.25) is 0 Å². The number of fused-ring (bicyclic) bond motifs is 2. The van der Waals surface area contributed by atoms with Gasteiger partial charge in [-0.2, -0.15) is 9.36 Å². The van der Waals surface area contributed by atoms with Gasteiger partial charge in [-0.15, -0.1) is 0 Å². The predicted molar refractivity (Wildman–Crippen MR) is 100 cm³/mol. The summed E-state index contributed by atoms with van der Waals surface area (Å²) in [4.78, 5) is 19.1. The van der Waals surface area contributed by atoms with E-state index in [1.807, 2.05) is 54.6 Å². The Morgan fingerprint density at radius 1 is 1.00 bits per heavy atom. The lowest BCUT2D eigenvalue weighted by atomic mass is 9.84. The van der Waals surface area contributed by atoms with Crippen molar-refractivity contribution in [2.75, 3.05) is 18.0 Å². The van der Waals surface area contributed by atoms with E-state index in [0.29, 0.717) is 5.56 Å². The van der Waals surface area contributed by atoms with Crippen molar-refractivity contribution in [3.8, 4) is 10.6 Å². The molecule has 0 N–H and O–H groups in total. The van der Waals surface area contributed by atoms with Crippen molar-refractivity contribution in [2.24, 2.45) is 0 Å². The van der Waals surface area contributed by atoms with Crippen LogP contribution in [0.4, 0.5) is 5.95 Å². The fourth-order valence-electron chi connectivity index (χ4n) is 3.83. The van der Waals surface area contributed by atoms with Gasteiger partial charge < -0.3 is 9.64 Å². The third-order valence-electron chi connectivity index (χ3n) is 5.22. The molecule has 0 radical (unpaired) electrons. The number of hydrogen-bond donors (Lipinski definition) is 0. The number of ether oxygens (including phenoxy) is 1. The summed E-state index contributed by atoms with van der Waals surface area (Å²) >= 11 is 1.42. The number of aromatic nitrogens is 2. The van der Waals surface area contributed by atoms with Crippen LogP contribution in [0, 0.1) is 0 Å². The second kappa shape index (κ2) is 5.92. The summed E-state index contributed by atoms with van der Waals surface area (Å²) in [6, 6.07) is 17.8. The molecule has 2 aromatic carbocycles. The maximum Gasteiger partial charge on any atom is 0.339 e. The van der Waals surface area contributed by atoms with Crippen LogP contribution in [0.3, 0.4) is 0 Å². The Labute approximate surface area is 155 Å². The lowest BCUT2D eigenvalue weighted by molar-refractivity contribution is -0.0211. The van der Waals surface area contributed by atoms with Crippen molar-refractivity contribution < 1.29 is 9.53 Å². The van der Waals surface area contributed by atoms with Crippen LogP contribution in [0.2, 0.25) is 0 Å². The van der Waals surface area contributed by atoms with Crippen LogP contribution in [0.15, 0.2) is 54.6 Å². The van der Waals surface area contributed by atoms with Gasteiger partial charge in [0.25, 0.3) is 0 Å². The lowest BCUT2D eigenvalue weighted by Crippen LogP contribution is -2.43. The normalized spacial score (nSPS) is 18.0. The SMILES string of the molecule is O=C1OC2(CCN(c3nsc(-c4ccccc4)n3)CC2)c2ccccc21. The van der Waals surface area contributed by atoms with Crippen LogP contribution in [-0.4, -0.2) is 28.4 Å². The molecule has 0 atom stereocenters. The minimum Gasteiger partial charge on any atom is -0.450 e. The van der Waals surface area contributed by atoms with Crippen molar-refractivity contribution in [2.45, 2.75) is 18.4 Å². The number of anilines is 1. The number of nitrogens with zero attached hydrogens (tertiary/aromatic N) is 3. The molecule has 5 nitrogen and oxygen atoms in total. The molecular weight excluding hydrogens is 346 g/mol. The van der Waals surface area contributed by atoms with Gasteiger partial charge in [-0.1, -0.05) is 48.5 Å². The van der Waals surface area contributed by atoms with Crippen LogP contribution in [0.25, 0.3) is 10.6 Å². The molecule has 0 saturated carbocycles.